The van der Waals surface area contributed by atoms with Crippen LogP contribution in [0.2, 0.25) is 0 Å². The number of esters is 1. The minimum Gasteiger partial charge on any atom is -0.462 e. The van der Waals surface area contributed by atoms with Gasteiger partial charge in [-0.1, -0.05) is 36.4 Å². The Morgan fingerprint density at radius 3 is 2.72 bits per heavy atom. The van der Waals surface area contributed by atoms with Crippen molar-refractivity contribution in [1.82, 2.24) is 10.6 Å². The molecule has 2 N–H and O–H groups in total. The number of ether oxygens (including phenoxy) is 1. The highest BCUT2D eigenvalue weighted by Crippen LogP contribution is 2.21. The van der Waals surface area contributed by atoms with Crippen molar-refractivity contribution < 1.29 is 14.3 Å². The predicted molar refractivity (Wildman–Crippen MR) is 114 cm³/mol. The van der Waals surface area contributed by atoms with Crippen LogP contribution in [0.5, 0.6) is 0 Å². The van der Waals surface area contributed by atoms with Crippen molar-refractivity contribution in [2.45, 2.75) is 32.4 Å². The van der Waals surface area contributed by atoms with E-state index in [0.717, 1.165) is 25.8 Å². The van der Waals surface area contributed by atoms with Crippen molar-refractivity contribution >= 4 is 17.7 Å². The zero-order valence-corrected chi connectivity index (χ0v) is 17.1. The fourth-order valence-electron chi connectivity index (χ4n) is 3.66. The first-order valence-electron chi connectivity index (χ1n) is 10.2. The number of urea groups is 1. The average Bonchev–Trinajstić information content (AvgIpc) is 2.74. The van der Waals surface area contributed by atoms with Crippen LogP contribution < -0.4 is 15.5 Å². The number of benzene rings is 2. The van der Waals surface area contributed by atoms with Crippen LogP contribution in [0.15, 0.2) is 54.6 Å². The number of hydrogen-bond donors (Lipinski definition) is 2. The molecule has 0 bridgehead atoms. The molecule has 2 amide bonds. The summed E-state index contributed by atoms with van der Waals surface area (Å²) in [6, 6.07) is 17.2. The van der Waals surface area contributed by atoms with Gasteiger partial charge in [-0.25, -0.2) is 9.59 Å². The standard InChI is InChI=1S/C23H29N3O3/c1-3-29-22(27)19-10-7-11-20(16-19)26(2)23(28)25-21-15-18(12-13-24-21)14-17-8-5-4-6-9-17/h4-11,16,18,21,24H,3,12-15H2,1-2H3,(H,25,28)/t18-,21+/m0/s1. The molecule has 29 heavy (non-hydrogen) atoms. The third kappa shape index (κ3) is 5.81. The monoisotopic (exact) mass is 395 g/mol. The molecule has 0 radical (unpaired) electrons. The van der Waals surface area contributed by atoms with Crippen LogP contribution in [-0.2, 0) is 11.2 Å². The molecule has 1 aliphatic rings. The summed E-state index contributed by atoms with van der Waals surface area (Å²) in [5.41, 5.74) is 2.41. The fourth-order valence-corrected chi connectivity index (χ4v) is 3.66. The van der Waals surface area contributed by atoms with Crippen molar-refractivity contribution in [2.75, 3.05) is 25.1 Å². The zero-order chi connectivity index (χ0) is 20.6. The van der Waals surface area contributed by atoms with E-state index in [4.69, 9.17) is 4.74 Å². The Balaban J connectivity index is 1.57. The van der Waals surface area contributed by atoms with Gasteiger partial charge in [0.25, 0.3) is 0 Å². The van der Waals surface area contributed by atoms with E-state index >= 15 is 0 Å². The molecule has 2 atom stereocenters. The maximum absolute atomic E-state index is 12.7. The molecule has 6 nitrogen and oxygen atoms in total. The molecule has 2 aromatic carbocycles. The minimum atomic E-state index is -0.388. The lowest BCUT2D eigenvalue weighted by Crippen LogP contribution is -2.53. The zero-order valence-electron chi connectivity index (χ0n) is 17.1. The van der Waals surface area contributed by atoms with Crippen LogP contribution in [0.25, 0.3) is 0 Å². The molecule has 0 aliphatic carbocycles. The van der Waals surface area contributed by atoms with Crippen molar-refractivity contribution in [3.63, 3.8) is 0 Å². The van der Waals surface area contributed by atoms with Crippen LogP contribution in [0, 0.1) is 5.92 Å². The van der Waals surface area contributed by atoms with Gasteiger partial charge >= 0.3 is 12.0 Å². The summed E-state index contributed by atoms with van der Waals surface area (Å²) in [6.07, 6.45) is 2.93. The van der Waals surface area contributed by atoms with E-state index in [1.165, 1.54) is 10.5 Å². The lowest BCUT2D eigenvalue weighted by molar-refractivity contribution is 0.0526. The van der Waals surface area contributed by atoms with Crippen LogP contribution in [0.3, 0.4) is 0 Å². The van der Waals surface area contributed by atoms with E-state index in [2.05, 4.69) is 34.9 Å². The Labute approximate surface area is 172 Å². The second-order valence-electron chi connectivity index (χ2n) is 7.37. The highest BCUT2D eigenvalue weighted by Gasteiger charge is 2.24. The topological polar surface area (TPSA) is 70.7 Å². The quantitative estimate of drug-likeness (QED) is 0.734. The highest BCUT2D eigenvalue weighted by molar-refractivity contribution is 5.95. The summed E-state index contributed by atoms with van der Waals surface area (Å²) in [7, 11) is 1.70. The first-order chi connectivity index (χ1) is 14.1. The second kappa shape index (κ2) is 10.1. The maximum Gasteiger partial charge on any atom is 0.338 e. The molecule has 0 saturated carbocycles. The Hall–Kier alpha value is -2.86. The number of rotatable bonds is 6. The number of nitrogens with zero attached hydrogens (tertiary/aromatic N) is 1. The third-order valence-corrected chi connectivity index (χ3v) is 5.23. The molecule has 1 aliphatic heterocycles. The van der Waals surface area contributed by atoms with E-state index in [-0.39, 0.29) is 18.2 Å². The van der Waals surface area contributed by atoms with Gasteiger partial charge in [0.1, 0.15) is 0 Å². The third-order valence-electron chi connectivity index (χ3n) is 5.23. The second-order valence-corrected chi connectivity index (χ2v) is 7.37. The largest absolute Gasteiger partial charge is 0.462 e. The van der Waals surface area contributed by atoms with Gasteiger partial charge in [0, 0.05) is 12.7 Å². The number of hydrogen-bond acceptors (Lipinski definition) is 4. The molecular weight excluding hydrogens is 366 g/mol. The molecule has 6 heteroatoms. The number of anilines is 1. The molecule has 0 unspecified atom stereocenters. The van der Waals surface area contributed by atoms with E-state index in [0.29, 0.717) is 23.8 Å². The highest BCUT2D eigenvalue weighted by atomic mass is 16.5. The fraction of sp³-hybridized carbons (Fsp3) is 0.391. The summed E-state index contributed by atoms with van der Waals surface area (Å²) >= 11 is 0. The Bertz CT molecular complexity index is 825. The van der Waals surface area contributed by atoms with Gasteiger partial charge in [-0.2, -0.15) is 0 Å². The predicted octanol–water partition coefficient (Wildman–Crippen LogP) is 3.58. The Morgan fingerprint density at radius 1 is 1.17 bits per heavy atom. The molecule has 1 heterocycles. The van der Waals surface area contributed by atoms with E-state index < -0.39 is 0 Å². The minimum absolute atomic E-state index is 0.0688. The molecule has 1 fully saturated rings. The lowest BCUT2D eigenvalue weighted by Gasteiger charge is -2.32. The van der Waals surface area contributed by atoms with Gasteiger partial charge in [-0.15, -0.1) is 0 Å². The van der Waals surface area contributed by atoms with Gasteiger partial charge in [-0.3, -0.25) is 10.2 Å². The Morgan fingerprint density at radius 2 is 1.97 bits per heavy atom. The molecule has 154 valence electrons. The SMILES string of the molecule is CCOC(=O)c1cccc(N(C)C(=O)N[C@@H]2C[C@H](Cc3ccccc3)CCN2)c1. The summed E-state index contributed by atoms with van der Waals surface area (Å²) in [5, 5.41) is 6.45. The summed E-state index contributed by atoms with van der Waals surface area (Å²) in [5.74, 6) is 0.141. The molecule has 0 aromatic heterocycles. The average molecular weight is 396 g/mol. The summed E-state index contributed by atoms with van der Waals surface area (Å²) in [6.45, 7) is 2.96. The van der Waals surface area contributed by atoms with Crippen LogP contribution in [0.4, 0.5) is 10.5 Å². The molecular formula is C23H29N3O3. The van der Waals surface area contributed by atoms with Gasteiger partial charge in [-0.05, 0) is 62.4 Å². The number of piperidine rings is 1. The summed E-state index contributed by atoms with van der Waals surface area (Å²) in [4.78, 5) is 26.2. The van der Waals surface area contributed by atoms with Gasteiger partial charge in [0.15, 0.2) is 0 Å². The smallest absolute Gasteiger partial charge is 0.338 e. The lowest BCUT2D eigenvalue weighted by atomic mass is 9.89. The van der Waals surface area contributed by atoms with Crippen molar-refractivity contribution in [2.24, 2.45) is 5.92 Å². The normalized spacial score (nSPS) is 18.7. The number of nitrogens with one attached hydrogen (secondary N) is 2. The first kappa shape index (κ1) is 20.9. The van der Waals surface area contributed by atoms with Gasteiger partial charge in [0.2, 0.25) is 0 Å². The van der Waals surface area contributed by atoms with E-state index in [1.54, 1.807) is 38.2 Å². The van der Waals surface area contributed by atoms with Crippen molar-refractivity contribution in [3.05, 3.63) is 65.7 Å². The van der Waals surface area contributed by atoms with Gasteiger partial charge < -0.3 is 10.1 Å². The van der Waals surface area contributed by atoms with Gasteiger partial charge in [0.05, 0.1) is 18.3 Å². The van der Waals surface area contributed by atoms with Crippen molar-refractivity contribution in [3.8, 4) is 0 Å². The van der Waals surface area contributed by atoms with Crippen LogP contribution in [0.1, 0.15) is 35.7 Å². The summed E-state index contributed by atoms with van der Waals surface area (Å²) < 4.78 is 5.04. The molecule has 1 saturated heterocycles. The number of amides is 2. The number of carbonyl (C=O) groups excluding carboxylic acids is 2. The van der Waals surface area contributed by atoms with E-state index in [9.17, 15) is 9.59 Å². The molecule has 3 rings (SSSR count). The van der Waals surface area contributed by atoms with Crippen LogP contribution in [-0.4, -0.2) is 38.4 Å². The Kier molecular flexibility index (Phi) is 7.25. The van der Waals surface area contributed by atoms with Crippen molar-refractivity contribution in [1.29, 1.82) is 0 Å². The first-order valence-corrected chi connectivity index (χ1v) is 10.2. The maximum atomic E-state index is 12.7. The van der Waals surface area contributed by atoms with E-state index in [1.807, 2.05) is 6.07 Å². The number of carbonyl (C=O) groups is 2. The van der Waals surface area contributed by atoms with Crippen LogP contribution >= 0.6 is 0 Å². The molecule has 0 spiro atoms. The molecule has 2 aromatic rings.